The predicted octanol–water partition coefficient (Wildman–Crippen LogP) is 13.5. The highest BCUT2D eigenvalue weighted by atomic mass is 32.1. The van der Waals surface area contributed by atoms with Crippen LogP contribution in [0.5, 0.6) is 0 Å². The Morgan fingerprint density at radius 3 is 1.60 bits per heavy atom. The summed E-state index contributed by atoms with van der Waals surface area (Å²) in [5, 5.41) is 2.60. The van der Waals surface area contributed by atoms with Crippen LogP contribution in [0.4, 0.5) is 0 Å². The zero-order valence-electron chi connectivity index (χ0n) is 29.6. The molecule has 2 heteroatoms. The van der Waals surface area contributed by atoms with Crippen LogP contribution < -0.4 is 0 Å². The van der Waals surface area contributed by atoms with E-state index in [9.17, 15) is 0 Å². The van der Waals surface area contributed by atoms with E-state index in [1.54, 1.807) is 0 Å². The average Bonchev–Trinajstić information content (AvgIpc) is 3.73. The van der Waals surface area contributed by atoms with E-state index in [0.29, 0.717) is 0 Å². The second-order valence-electron chi connectivity index (χ2n) is 15.1. The van der Waals surface area contributed by atoms with Crippen molar-refractivity contribution in [2.45, 2.75) is 24.7 Å². The topological polar surface area (TPSA) is 12.9 Å². The molecule has 2 aliphatic rings. The van der Waals surface area contributed by atoms with Crippen LogP contribution in [0.1, 0.15) is 47.2 Å². The Balaban J connectivity index is 1.17. The van der Waals surface area contributed by atoms with Crippen molar-refractivity contribution >= 4 is 31.5 Å². The van der Waals surface area contributed by atoms with Crippen LogP contribution >= 0.6 is 11.3 Å². The Morgan fingerprint density at radius 1 is 0.377 bits per heavy atom. The number of thiophene rings is 1. The fraction of sp³-hybridized carbons (Fsp3) is 0.0784. The lowest BCUT2D eigenvalue weighted by Crippen LogP contribution is -2.40. The summed E-state index contributed by atoms with van der Waals surface area (Å²) >= 11 is 1.90. The minimum atomic E-state index is -0.389. The van der Waals surface area contributed by atoms with Gasteiger partial charge in [-0.3, -0.25) is 0 Å². The molecule has 0 atom stereocenters. The van der Waals surface area contributed by atoms with Gasteiger partial charge >= 0.3 is 0 Å². The van der Waals surface area contributed by atoms with Gasteiger partial charge in [-0.25, -0.2) is 4.98 Å². The van der Waals surface area contributed by atoms with Gasteiger partial charge in [-0.2, -0.15) is 0 Å². The van der Waals surface area contributed by atoms with Crippen molar-refractivity contribution in [1.82, 2.24) is 4.98 Å². The van der Waals surface area contributed by atoms with Gasteiger partial charge < -0.3 is 0 Å². The highest BCUT2D eigenvalue weighted by molar-refractivity contribution is 7.25. The molecule has 2 aliphatic carbocycles. The van der Waals surface area contributed by atoms with Crippen LogP contribution in [0.2, 0.25) is 0 Å². The highest BCUT2D eigenvalue weighted by Gasteiger charge is 2.53. The largest absolute Gasteiger partial charge is 0.248 e. The monoisotopic (exact) mass is 693 g/mol. The first kappa shape index (κ1) is 30.5. The molecular formula is C51H35NS. The number of benzene rings is 7. The van der Waals surface area contributed by atoms with Gasteiger partial charge in [0, 0.05) is 36.7 Å². The Morgan fingerprint density at radius 2 is 0.925 bits per heavy atom. The maximum Gasteiger partial charge on any atom is 0.0720 e. The van der Waals surface area contributed by atoms with Crippen molar-refractivity contribution in [2.75, 3.05) is 0 Å². The molecule has 250 valence electrons. The first-order valence-electron chi connectivity index (χ1n) is 18.5. The second-order valence-corrected chi connectivity index (χ2v) is 16.2. The zero-order chi connectivity index (χ0) is 35.3. The minimum absolute atomic E-state index is 0.195. The number of rotatable bonds is 3. The number of hydrogen-bond donors (Lipinski definition) is 0. The lowest BCUT2D eigenvalue weighted by atomic mass is 9.55. The van der Waals surface area contributed by atoms with Crippen LogP contribution in [0.25, 0.3) is 64.9 Å². The smallest absolute Gasteiger partial charge is 0.0720 e. The molecule has 0 unspecified atom stereocenters. The lowest BCUT2D eigenvalue weighted by molar-refractivity contribution is 0.564. The van der Waals surface area contributed by atoms with Gasteiger partial charge in [-0.15, -0.1) is 11.3 Å². The van der Waals surface area contributed by atoms with E-state index in [-0.39, 0.29) is 10.8 Å². The van der Waals surface area contributed by atoms with Crippen molar-refractivity contribution in [3.05, 3.63) is 209 Å². The number of hydrogen-bond acceptors (Lipinski definition) is 2. The summed E-state index contributed by atoms with van der Waals surface area (Å²) in [4.78, 5) is 5.28. The molecule has 0 fully saturated rings. The summed E-state index contributed by atoms with van der Waals surface area (Å²) in [6, 6.07) is 65.1. The molecular weight excluding hydrogens is 659 g/mol. The average molecular weight is 694 g/mol. The van der Waals surface area contributed by atoms with Gasteiger partial charge in [0.2, 0.25) is 0 Å². The van der Waals surface area contributed by atoms with E-state index in [0.717, 1.165) is 22.5 Å². The van der Waals surface area contributed by atoms with Crippen molar-refractivity contribution in [2.24, 2.45) is 0 Å². The van der Waals surface area contributed by atoms with E-state index >= 15 is 0 Å². The SMILES string of the molecule is CC1(C)c2ccccc2C2(c3ccccc3-c3ccccc32)c2cc3sc4ccc(-c5cc(-c6ccccc6)cc(-c6ccccc6)n5)cc4c3cc21. The standard InChI is InChI=1S/C51H35NS/c1-50(2)42-23-13-14-24-43(42)51(40-21-11-9-19-36(40)37-20-10-12-22-41(37)51)45-31-49-39(30-44(45)50)38-27-34(25-26-48(38)53-49)47-29-35(32-15-5-3-6-16-32)28-46(52-47)33-17-7-4-8-18-33/h3-31H,1-2H3. The maximum atomic E-state index is 5.28. The summed E-state index contributed by atoms with van der Waals surface area (Å²) < 4.78 is 2.62. The van der Waals surface area contributed by atoms with Gasteiger partial charge in [-0.1, -0.05) is 153 Å². The van der Waals surface area contributed by atoms with E-state index in [1.165, 1.54) is 75.8 Å². The van der Waals surface area contributed by atoms with E-state index in [4.69, 9.17) is 4.98 Å². The summed E-state index contributed by atoms with van der Waals surface area (Å²) in [5.74, 6) is 0. The molecule has 1 spiro atoms. The van der Waals surface area contributed by atoms with E-state index < -0.39 is 0 Å². The van der Waals surface area contributed by atoms with Crippen LogP contribution in [-0.2, 0) is 10.8 Å². The third-order valence-corrected chi connectivity index (χ3v) is 13.1. The molecule has 11 rings (SSSR count). The van der Waals surface area contributed by atoms with E-state index in [1.807, 2.05) is 11.3 Å². The predicted molar refractivity (Wildman–Crippen MR) is 223 cm³/mol. The maximum absolute atomic E-state index is 5.28. The van der Waals surface area contributed by atoms with Crippen molar-refractivity contribution in [1.29, 1.82) is 0 Å². The zero-order valence-corrected chi connectivity index (χ0v) is 30.4. The molecule has 9 aromatic rings. The first-order valence-corrected chi connectivity index (χ1v) is 19.3. The fourth-order valence-corrected chi connectivity index (χ4v) is 10.6. The molecule has 2 aromatic heterocycles. The van der Waals surface area contributed by atoms with Gasteiger partial charge in [-0.05, 0) is 92.0 Å². The Bertz CT molecular complexity index is 2810. The van der Waals surface area contributed by atoms with Gasteiger partial charge in [0.15, 0.2) is 0 Å². The molecule has 53 heavy (non-hydrogen) atoms. The third kappa shape index (κ3) is 4.27. The Hall–Kier alpha value is -6.09. The van der Waals surface area contributed by atoms with Gasteiger partial charge in [0.05, 0.1) is 16.8 Å². The second kappa shape index (κ2) is 11.2. The Kier molecular flexibility index (Phi) is 6.45. The first-order chi connectivity index (χ1) is 26.0. The number of nitrogens with zero attached hydrogens (tertiary/aromatic N) is 1. The molecule has 7 aromatic carbocycles. The normalized spacial score (nSPS) is 14.5. The molecule has 0 N–H and O–H groups in total. The summed E-state index contributed by atoms with van der Waals surface area (Å²) in [6.45, 7) is 4.83. The molecule has 0 saturated heterocycles. The summed E-state index contributed by atoms with van der Waals surface area (Å²) in [7, 11) is 0. The van der Waals surface area contributed by atoms with Crippen LogP contribution in [0.15, 0.2) is 176 Å². The van der Waals surface area contributed by atoms with Crippen molar-refractivity contribution in [3.63, 3.8) is 0 Å². The molecule has 0 bridgehead atoms. The Labute approximate surface area is 313 Å². The highest BCUT2D eigenvalue weighted by Crippen LogP contribution is 2.62. The van der Waals surface area contributed by atoms with Crippen LogP contribution in [0.3, 0.4) is 0 Å². The molecule has 0 amide bonds. The fourth-order valence-electron chi connectivity index (χ4n) is 9.50. The van der Waals surface area contributed by atoms with Crippen LogP contribution in [0, 0.1) is 0 Å². The van der Waals surface area contributed by atoms with Gasteiger partial charge in [0.1, 0.15) is 0 Å². The number of pyridine rings is 1. The molecule has 0 aliphatic heterocycles. The molecule has 0 radical (unpaired) electrons. The molecule has 0 saturated carbocycles. The summed E-state index contributed by atoms with van der Waals surface area (Å²) in [6.07, 6.45) is 0. The third-order valence-electron chi connectivity index (χ3n) is 11.9. The summed E-state index contributed by atoms with van der Waals surface area (Å²) in [5.41, 5.74) is 17.0. The molecule has 1 nitrogen and oxygen atoms in total. The minimum Gasteiger partial charge on any atom is -0.248 e. The van der Waals surface area contributed by atoms with Crippen molar-refractivity contribution < 1.29 is 0 Å². The van der Waals surface area contributed by atoms with E-state index in [2.05, 4.69) is 190 Å². The lowest BCUT2D eigenvalue weighted by Gasteiger charge is -2.46. The molecule has 2 heterocycles. The number of fused-ring (bicyclic) bond motifs is 12. The number of aromatic nitrogens is 1. The van der Waals surface area contributed by atoms with Crippen molar-refractivity contribution in [3.8, 4) is 44.8 Å². The van der Waals surface area contributed by atoms with Crippen LogP contribution in [-0.4, -0.2) is 4.98 Å². The van der Waals surface area contributed by atoms with Gasteiger partial charge in [0.25, 0.3) is 0 Å². The quantitative estimate of drug-likeness (QED) is 0.179.